The maximum Gasteiger partial charge on any atom is 0.223 e. The number of rotatable bonds is 6. The van der Waals surface area contributed by atoms with Gasteiger partial charge in [0.05, 0.1) is 6.54 Å². The molecule has 0 unspecified atom stereocenters. The molecule has 0 aromatic carbocycles. The van der Waals surface area contributed by atoms with Gasteiger partial charge < -0.3 is 9.47 Å². The lowest BCUT2D eigenvalue weighted by atomic mass is 10.0. The zero-order valence-corrected chi connectivity index (χ0v) is 12.8. The van der Waals surface area contributed by atoms with E-state index in [0.29, 0.717) is 32.4 Å². The Morgan fingerprint density at radius 3 is 2.82 bits per heavy atom. The molecule has 0 saturated carbocycles. The van der Waals surface area contributed by atoms with Crippen molar-refractivity contribution in [3.8, 4) is 12.3 Å². The van der Waals surface area contributed by atoms with Crippen molar-refractivity contribution in [2.24, 2.45) is 10.2 Å². The van der Waals surface area contributed by atoms with Gasteiger partial charge in [-0.15, -0.1) is 22.5 Å². The van der Waals surface area contributed by atoms with Crippen LogP contribution in [0.4, 0.5) is 0 Å². The molecule has 0 N–H and O–H groups in total. The summed E-state index contributed by atoms with van der Waals surface area (Å²) in [7, 11) is 0. The highest BCUT2D eigenvalue weighted by Gasteiger charge is 2.39. The molecule has 0 atom stereocenters. The van der Waals surface area contributed by atoms with Crippen molar-refractivity contribution in [1.82, 2.24) is 19.7 Å². The predicted octanol–water partition coefficient (Wildman–Crippen LogP) is 1.54. The molecule has 1 aromatic heterocycles. The van der Waals surface area contributed by atoms with E-state index in [2.05, 4.69) is 37.8 Å². The van der Waals surface area contributed by atoms with Crippen molar-refractivity contribution in [2.75, 3.05) is 6.54 Å². The van der Waals surface area contributed by atoms with Crippen LogP contribution in [0, 0.1) is 12.3 Å². The minimum absolute atomic E-state index is 0.129. The van der Waals surface area contributed by atoms with Gasteiger partial charge in [-0.2, -0.15) is 10.2 Å². The van der Waals surface area contributed by atoms with E-state index >= 15 is 0 Å². The van der Waals surface area contributed by atoms with Crippen LogP contribution in [-0.4, -0.2) is 37.8 Å². The molecule has 2 aliphatic rings. The SMILES string of the molecule is C#CCCC1(CCC(=O)N2CCn3c(CC)nnc3C2)N=N1. The highest BCUT2D eigenvalue weighted by atomic mass is 16.2. The summed E-state index contributed by atoms with van der Waals surface area (Å²) in [4.78, 5) is 14.2. The minimum Gasteiger partial charge on any atom is -0.333 e. The smallest absolute Gasteiger partial charge is 0.223 e. The number of amides is 1. The Balaban J connectivity index is 1.53. The van der Waals surface area contributed by atoms with Crippen LogP contribution in [0.15, 0.2) is 10.2 Å². The molecule has 7 nitrogen and oxygen atoms in total. The van der Waals surface area contributed by atoms with Crippen LogP contribution in [0.1, 0.15) is 44.3 Å². The first-order valence-electron chi connectivity index (χ1n) is 7.74. The summed E-state index contributed by atoms with van der Waals surface area (Å²) in [6.45, 7) is 4.08. The number of hydrogen-bond donors (Lipinski definition) is 0. The Morgan fingerprint density at radius 1 is 1.32 bits per heavy atom. The van der Waals surface area contributed by atoms with E-state index < -0.39 is 0 Å². The van der Waals surface area contributed by atoms with Crippen LogP contribution in [0.25, 0.3) is 0 Å². The number of nitrogens with zero attached hydrogens (tertiary/aromatic N) is 6. The highest BCUT2D eigenvalue weighted by molar-refractivity contribution is 5.76. The van der Waals surface area contributed by atoms with Gasteiger partial charge in [-0.3, -0.25) is 4.79 Å². The first-order chi connectivity index (χ1) is 10.7. The molecular weight excluding hydrogens is 280 g/mol. The lowest BCUT2D eigenvalue weighted by molar-refractivity contribution is -0.133. The number of fused-ring (bicyclic) bond motifs is 1. The van der Waals surface area contributed by atoms with Crippen LogP contribution in [0.3, 0.4) is 0 Å². The normalized spacial score (nSPS) is 17.9. The van der Waals surface area contributed by atoms with Gasteiger partial charge in [-0.05, 0) is 0 Å². The summed E-state index contributed by atoms with van der Waals surface area (Å²) < 4.78 is 2.11. The van der Waals surface area contributed by atoms with Gasteiger partial charge in [0.1, 0.15) is 5.82 Å². The summed E-state index contributed by atoms with van der Waals surface area (Å²) >= 11 is 0. The van der Waals surface area contributed by atoms with Crippen LogP contribution in [0.2, 0.25) is 0 Å². The summed E-state index contributed by atoms with van der Waals surface area (Å²) in [6, 6.07) is 0. The monoisotopic (exact) mass is 300 g/mol. The summed E-state index contributed by atoms with van der Waals surface area (Å²) in [5.41, 5.74) is -0.382. The molecule has 22 heavy (non-hydrogen) atoms. The maximum absolute atomic E-state index is 12.4. The third kappa shape index (κ3) is 2.86. The fourth-order valence-electron chi connectivity index (χ4n) is 2.83. The minimum atomic E-state index is -0.382. The van der Waals surface area contributed by atoms with E-state index in [1.807, 2.05) is 4.90 Å². The van der Waals surface area contributed by atoms with E-state index in [9.17, 15) is 4.79 Å². The average molecular weight is 300 g/mol. The zero-order chi connectivity index (χ0) is 15.6. The molecule has 3 heterocycles. The first-order valence-corrected chi connectivity index (χ1v) is 7.74. The van der Waals surface area contributed by atoms with Gasteiger partial charge in [-0.25, -0.2) is 0 Å². The van der Waals surface area contributed by atoms with Crippen molar-refractivity contribution < 1.29 is 4.79 Å². The van der Waals surface area contributed by atoms with Gasteiger partial charge in [-0.1, -0.05) is 6.92 Å². The lowest BCUT2D eigenvalue weighted by Crippen LogP contribution is -2.39. The topological polar surface area (TPSA) is 75.7 Å². The predicted molar refractivity (Wildman–Crippen MR) is 79.7 cm³/mol. The molecule has 0 fully saturated rings. The van der Waals surface area contributed by atoms with Crippen molar-refractivity contribution in [1.29, 1.82) is 0 Å². The number of hydrogen-bond acceptors (Lipinski definition) is 5. The Kier molecular flexibility index (Phi) is 3.92. The Labute approximate surface area is 129 Å². The Bertz CT molecular complexity index is 635. The van der Waals surface area contributed by atoms with Crippen molar-refractivity contribution in [3.63, 3.8) is 0 Å². The second-order valence-corrected chi connectivity index (χ2v) is 5.74. The van der Waals surface area contributed by atoms with Gasteiger partial charge >= 0.3 is 0 Å². The van der Waals surface area contributed by atoms with Crippen LogP contribution in [-0.2, 0) is 24.3 Å². The van der Waals surface area contributed by atoms with E-state index in [-0.39, 0.29) is 11.6 Å². The van der Waals surface area contributed by atoms with Gasteiger partial charge in [0.25, 0.3) is 0 Å². The summed E-state index contributed by atoms with van der Waals surface area (Å²) in [5.74, 6) is 4.60. The molecule has 0 spiro atoms. The van der Waals surface area contributed by atoms with Crippen molar-refractivity contribution in [3.05, 3.63) is 11.6 Å². The molecule has 1 amide bonds. The quantitative estimate of drug-likeness (QED) is 0.748. The van der Waals surface area contributed by atoms with E-state index in [4.69, 9.17) is 6.42 Å². The molecule has 0 aliphatic carbocycles. The molecule has 1 aromatic rings. The second kappa shape index (κ2) is 5.87. The fraction of sp³-hybridized carbons (Fsp3) is 0.667. The second-order valence-electron chi connectivity index (χ2n) is 5.74. The highest BCUT2D eigenvalue weighted by Crippen LogP contribution is 2.37. The number of carbonyl (C=O) groups is 1. The average Bonchev–Trinajstić information content (AvgIpc) is 3.20. The number of terminal acetylenes is 1. The maximum atomic E-state index is 12.4. The number of aryl methyl sites for hydroxylation is 1. The number of aromatic nitrogens is 3. The Morgan fingerprint density at radius 2 is 2.14 bits per heavy atom. The molecule has 0 radical (unpaired) electrons. The number of carbonyl (C=O) groups excluding carboxylic acids is 1. The molecule has 7 heteroatoms. The lowest BCUT2D eigenvalue weighted by Gasteiger charge is -2.28. The molecular formula is C15H20N6O. The van der Waals surface area contributed by atoms with E-state index in [1.165, 1.54) is 0 Å². The van der Waals surface area contributed by atoms with Crippen molar-refractivity contribution >= 4 is 5.91 Å². The molecule has 2 aliphatic heterocycles. The van der Waals surface area contributed by atoms with E-state index in [1.54, 1.807) is 0 Å². The van der Waals surface area contributed by atoms with Crippen molar-refractivity contribution in [2.45, 2.75) is 57.8 Å². The van der Waals surface area contributed by atoms with Gasteiger partial charge in [0, 0.05) is 45.2 Å². The Hall–Kier alpha value is -2.23. The molecule has 0 saturated heterocycles. The van der Waals surface area contributed by atoms with Crippen LogP contribution < -0.4 is 0 Å². The summed E-state index contributed by atoms with van der Waals surface area (Å²) in [6.07, 6.45) is 8.62. The fourth-order valence-corrected chi connectivity index (χ4v) is 2.83. The summed E-state index contributed by atoms with van der Waals surface area (Å²) in [5, 5.41) is 16.5. The van der Waals surface area contributed by atoms with Gasteiger partial charge in [0.2, 0.25) is 5.91 Å². The standard InChI is InChI=1S/C15H20N6O/c1-3-5-7-15(18-19-15)8-6-14(22)20-9-10-21-12(4-2)16-17-13(21)11-20/h1H,4-11H2,2H3. The molecule has 3 rings (SSSR count). The largest absolute Gasteiger partial charge is 0.333 e. The van der Waals surface area contributed by atoms with E-state index in [0.717, 1.165) is 31.0 Å². The first kappa shape index (κ1) is 14.7. The third-order valence-corrected chi connectivity index (χ3v) is 4.29. The zero-order valence-electron chi connectivity index (χ0n) is 12.8. The molecule has 116 valence electrons. The van der Waals surface area contributed by atoms with Crippen LogP contribution >= 0.6 is 0 Å². The van der Waals surface area contributed by atoms with Gasteiger partial charge in [0.15, 0.2) is 11.5 Å². The third-order valence-electron chi connectivity index (χ3n) is 4.29. The van der Waals surface area contributed by atoms with Crippen LogP contribution in [0.5, 0.6) is 0 Å². The molecule has 0 bridgehead atoms.